The lowest BCUT2D eigenvalue weighted by Gasteiger charge is -2.34. The second kappa shape index (κ2) is 9.78. The number of methoxy groups -OCH3 is 2. The molecule has 23 heavy (non-hydrogen) atoms. The van der Waals surface area contributed by atoms with E-state index >= 15 is 0 Å². The van der Waals surface area contributed by atoms with E-state index in [4.69, 9.17) is 9.47 Å². The Morgan fingerprint density at radius 1 is 0.870 bits per heavy atom. The molecule has 0 aliphatic carbocycles. The van der Waals surface area contributed by atoms with Crippen LogP contribution >= 0.6 is 0 Å². The first-order valence-corrected chi connectivity index (χ1v) is 8.92. The van der Waals surface area contributed by atoms with Crippen molar-refractivity contribution in [2.45, 2.75) is 39.2 Å². The van der Waals surface area contributed by atoms with Gasteiger partial charge in [-0.3, -0.25) is 4.90 Å². The largest absolute Gasteiger partial charge is 0.493 e. The summed E-state index contributed by atoms with van der Waals surface area (Å²) in [4.78, 5) is 5.14. The third kappa shape index (κ3) is 5.70. The molecule has 0 saturated carbocycles. The lowest BCUT2D eigenvalue weighted by molar-refractivity contribution is 0.125. The van der Waals surface area contributed by atoms with Crippen LogP contribution in [0.15, 0.2) is 18.2 Å². The Bertz CT molecular complexity index is 457. The molecular formula is C19H32N2O2. The van der Waals surface area contributed by atoms with Crippen molar-refractivity contribution in [3.63, 3.8) is 0 Å². The van der Waals surface area contributed by atoms with Gasteiger partial charge in [-0.05, 0) is 30.7 Å². The maximum atomic E-state index is 5.40. The van der Waals surface area contributed by atoms with E-state index in [9.17, 15) is 0 Å². The normalized spacial score (nSPS) is 16.5. The van der Waals surface area contributed by atoms with Gasteiger partial charge in [-0.1, -0.05) is 32.3 Å². The van der Waals surface area contributed by atoms with E-state index in [1.807, 2.05) is 6.07 Å². The SMILES string of the molecule is CCCCCCN1CCN(Cc2ccc(OC)c(OC)c2)CC1. The molecule has 1 heterocycles. The molecule has 0 aromatic heterocycles. The predicted octanol–water partition coefficient (Wildman–Crippen LogP) is 3.40. The number of benzene rings is 1. The molecule has 1 saturated heterocycles. The average Bonchev–Trinajstić information content (AvgIpc) is 2.60. The third-order valence-electron chi connectivity index (χ3n) is 4.65. The molecule has 0 amide bonds. The van der Waals surface area contributed by atoms with E-state index in [1.165, 1.54) is 50.9 Å². The first-order valence-electron chi connectivity index (χ1n) is 8.92. The van der Waals surface area contributed by atoms with E-state index in [2.05, 4.69) is 28.9 Å². The van der Waals surface area contributed by atoms with Crippen molar-refractivity contribution in [2.24, 2.45) is 0 Å². The number of unbranched alkanes of at least 4 members (excludes halogenated alkanes) is 3. The van der Waals surface area contributed by atoms with E-state index in [-0.39, 0.29) is 0 Å². The monoisotopic (exact) mass is 320 g/mol. The van der Waals surface area contributed by atoms with Gasteiger partial charge in [0.2, 0.25) is 0 Å². The van der Waals surface area contributed by atoms with Crippen LogP contribution in [0, 0.1) is 0 Å². The van der Waals surface area contributed by atoms with Crippen LogP contribution in [-0.2, 0) is 6.54 Å². The molecule has 1 aromatic rings. The summed E-state index contributed by atoms with van der Waals surface area (Å²) in [6.45, 7) is 9.23. The molecule has 0 spiro atoms. The molecule has 4 nitrogen and oxygen atoms in total. The van der Waals surface area contributed by atoms with Crippen LogP contribution in [-0.4, -0.2) is 56.7 Å². The fourth-order valence-corrected chi connectivity index (χ4v) is 3.17. The van der Waals surface area contributed by atoms with Crippen LogP contribution in [0.2, 0.25) is 0 Å². The highest BCUT2D eigenvalue weighted by atomic mass is 16.5. The fourth-order valence-electron chi connectivity index (χ4n) is 3.17. The van der Waals surface area contributed by atoms with Crippen LogP contribution in [0.5, 0.6) is 11.5 Å². The first-order chi connectivity index (χ1) is 11.3. The molecule has 0 unspecified atom stereocenters. The molecule has 0 bridgehead atoms. The van der Waals surface area contributed by atoms with Crippen molar-refractivity contribution in [1.29, 1.82) is 0 Å². The zero-order valence-corrected chi connectivity index (χ0v) is 15.0. The van der Waals surface area contributed by atoms with Crippen LogP contribution < -0.4 is 9.47 Å². The van der Waals surface area contributed by atoms with Crippen molar-refractivity contribution < 1.29 is 9.47 Å². The Hall–Kier alpha value is -1.26. The number of rotatable bonds is 9. The summed E-state index contributed by atoms with van der Waals surface area (Å²) < 4.78 is 10.7. The van der Waals surface area contributed by atoms with Gasteiger partial charge in [-0.2, -0.15) is 0 Å². The average molecular weight is 320 g/mol. The predicted molar refractivity (Wildman–Crippen MR) is 95.4 cm³/mol. The molecular weight excluding hydrogens is 288 g/mol. The zero-order chi connectivity index (χ0) is 16.5. The summed E-state index contributed by atoms with van der Waals surface area (Å²) in [6, 6.07) is 6.23. The minimum atomic E-state index is 0.799. The minimum Gasteiger partial charge on any atom is -0.493 e. The fraction of sp³-hybridized carbons (Fsp3) is 0.684. The Morgan fingerprint density at radius 2 is 1.57 bits per heavy atom. The van der Waals surface area contributed by atoms with Crippen LogP contribution in [0.1, 0.15) is 38.2 Å². The molecule has 1 aliphatic heterocycles. The number of ether oxygens (including phenoxy) is 2. The summed E-state index contributed by atoms with van der Waals surface area (Å²) in [5, 5.41) is 0. The van der Waals surface area contributed by atoms with Crippen molar-refractivity contribution >= 4 is 0 Å². The summed E-state index contributed by atoms with van der Waals surface area (Å²) >= 11 is 0. The summed E-state index contributed by atoms with van der Waals surface area (Å²) in [5.74, 6) is 1.62. The summed E-state index contributed by atoms with van der Waals surface area (Å²) in [7, 11) is 3.37. The Labute approximate surface area is 141 Å². The first kappa shape index (κ1) is 18.1. The van der Waals surface area contributed by atoms with Gasteiger partial charge < -0.3 is 14.4 Å². The molecule has 1 fully saturated rings. The van der Waals surface area contributed by atoms with Gasteiger partial charge >= 0.3 is 0 Å². The van der Waals surface area contributed by atoms with Crippen molar-refractivity contribution in [3.8, 4) is 11.5 Å². The smallest absolute Gasteiger partial charge is 0.161 e. The molecule has 130 valence electrons. The standard InChI is InChI=1S/C19H32N2O2/c1-4-5-6-7-10-20-11-13-21(14-12-20)16-17-8-9-18(22-2)19(15-17)23-3/h8-9,15H,4-7,10-14,16H2,1-3H3. The van der Waals surface area contributed by atoms with Gasteiger partial charge in [0.15, 0.2) is 11.5 Å². The van der Waals surface area contributed by atoms with Gasteiger partial charge in [0.05, 0.1) is 14.2 Å². The van der Waals surface area contributed by atoms with Gasteiger partial charge in [0.1, 0.15) is 0 Å². The molecule has 2 rings (SSSR count). The number of piperazine rings is 1. The molecule has 0 atom stereocenters. The van der Waals surface area contributed by atoms with Crippen molar-refractivity contribution in [2.75, 3.05) is 46.9 Å². The second-order valence-corrected chi connectivity index (χ2v) is 6.37. The van der Waals surface area contributed by atoms with Crippen molar-refractivity contribution in [1.82, 2.24) is 9.80 Å². The highest BCUT2D eigenvalue weighted by Crippen LogP contribution is 2.28. The summed E-state index contributed by atoms with van der Waals surface area (Å²) in [5.41, 5.74) is 1.29. The maximum Gasteiger partial charge on any atom is 0.161 e. The minimum absolute atomic E-state index is 0.799. The molecule has 1 aromatic carbocycles. The van der Waals surface area contributed by atoms with Crippen LogP contribution in [0.4, 0.5) is 0 Å². The van der Waals surface area contributed by atoms with Crippen LogP contribution in [0.25, 0.3) is 0 Å². The van der Waals surface area contributed by atoms with Gasteiger partial charge in [-0.15, -0.1) is 0 Å². The molecule has 1 aliphatic rings. The second-order valence-electron chi connectivity index (χ2n) is 6.37. The maximum absolute atomic E-state index is 5.40. The van der Waals surface area contributed by atoms with Gasteiger partial charge in [0, 0.05) is 32.7 Å². The Kier molecular flexibility index (Phi) is 7.69. The Morgan fingerprint density at radius 3 is 2.22 bits per heavy atom. The number of hydrogen-bond acceptors (Lipinski definition) is 4. The van der Waals surface area contributed by atoms with Crippen LogP contribution in [0.3, 0.4) is 0 Å². The topological polar surface area (TPSA) is 24.9 Å². The highest BCUT2D eigenvalue weighted by Gasteiger charge is 2.17. The van der Waals surface area contributed by atoms with E-state index < -0.39 is 0 Å². The molecule has 0 N–H and O–H groups in total. The lowest BCUT2D eigenvalue weighted by Crippen LogP contribution is -2.46. The van der Waals surface area contributed by atoms with Crippen molar-refractivity contribution in [3.05, 3.63) is 23.8 Å². The van der Waals surface area contributed by atoms with Gasteiger partial charge in [-0.25, -0.2) is 0 Å². The molecule has 0 radical (unpaired) electrons. The Balaban J connectivity index is 1.75. The quantitative estimate of drug-likeness (QED) is 0.651. The third-order valence-corrected chi connectivity index (χ3v) is 4.65. The van der Waals surface area contributed by atoms with E-state index in [1.54, 1.807) is 14.2 Å². The van der Waals surface area contributed by atoms with Gasteiger partial charge in [0.25, 0.3) is 0 Å². The number of nitrogens with zero attached hydrogens (tertiary/aromatic N) is 2. The molecule has 4 heteroatoms. The van der Waals surface area contributed by atoms with E-state index in [0.717, 1.165) is 31.1 Å². The highest BCUT2D eigenvalue weighted by molar-refractivity contribution is 5.42. The summed E-state index contributed by atoms with van der Waals surface area (Å²) in [6.07, 6.45) is 5.42. The van der Waals surface area contributed by atoms with E-state index in [0.29, 0.717) is 0 Å². The zero-order valence-electron chi connectivity index (χ0n) is 15.0. The lowest BCUT2D eigenvalue weighted by atomic mass is 10.1. The number of hydrogen-bond donors (Lipinski definition) is 0.